The van der Waals surface area contributed by atoms with E-state index in [-0.39, 0.29) is 10.8 Å². The van der Waals surface area contributed by atoms with Gasteiger partial charge in [0.1, 0.15) is 0 Å². The number of hydrogen-bond acceptors (Lipinski definition) is 3. The van der Waals surface area contributed by atoms with Gasteiger partial charge < -0.3 is 10.1 Å². The molecule has 5 fully saturated rings. The highest BCUT2D eigenvalue weighted by Crippen LogP contribution is 2.65. The van der Waals surface area contributed by atoms with Gasteiger partial charge in [-0.25, -0.2) is 0 Å². The first kappa shape index (κ1) is 18.9. The van der Waals surface area contributed by atoms with Gasteiger partial charge in [-0.15, -0.1) is 0 Å². The molecule has 4 bridgehead atoms. The number of rotatable bonds is 5. The van der Waals surface area contributed by atoms with Gasteiger partial charge in [0.05, 0.1) is 18.6 Å². The molecule has 1 saturated heterocycles. The van der Waals surface area contributed by atoms with Crippen LogP contribution in [0.5, 0.6) is 0 Å². The Morgan fingerprint density at radius 3 is 2.46 bits per heavy atom. The molecule has 2 atom stereocenters. The highest BCUT2D eigenvalue weighted by Gasteiger charge is 2.60. The fourth-order valence-electron chi connectivity index (χ4n) is 7.01. The van der Waals surface area contributed by atoms with Gasteiger partial charge in [0.25, 0.3) is 0 Å². The minimum atomic E-state index is -0.158. The largest absolute Gasteiger partial charge is 0.379 e. The Hall–Kier alpha value is -1.10. The van der Waals surface area contributed by atoms with Crippen LogP contribution in [0.25, 0.3) is 0 Å². The van der Waals surface area contributed by atoms with Gasteiger partial charge in [0, 0.05) is 31.2 Å². The van der Waals surface area contributed by atoms with Gasteiger partial charge in [-0.05, 0) is 73.5 Å². The number of carbonyl (C=O) groups excluding carboxylic acids is 1. The Morgan fingerprint density at radius 2 is 1.79 bits per heavy atom. The van der Waals surface area contributed by atoms with Crippen LogP contribution in [0.15, 0.2) is 24.3 Å². The summed E-state index contributed by atoms with van der Waals surface area (Å²) in [6.45, 7) is 5.26. The van der Waals surface area contributed by atoms with Crippen LogP contribution in [0.4, 0.5) is 0 Å². The van der Waals surface area contributed by atoms with E-state index >= 15 is 0 Å². The number of ether oxygens (including phenoxy) is 1. The molecule has 1 heterocycles. The zero-order valence-electron chi connectivity index (χ0n) is 16.6. The van der Waals surface area contributed by atoms with Crippen LogP contribution in [0.3, 0.4) is 0 Å². The molecular weight excluding hydrogens is 372 g/mol. The summed E-state index contributed by atoms with van der Waals surface area (Å²) in [4.78, 5) is 15.8. The first-order chi connectivity index (χ1) is 13.6. The molecule has 2 unspecified atom stereocenters. The van der Waals surface area contributed by atoms with E-state index in [0.29, 0.717) is 17.7 Å². The van der Waals surface area contributed by atoms with Crippen molar-refractivity contribution in [3.63, 3.8) is 0 Å². The Kier molecular flexibility index (Phi) is 4.93. The number of nitrogens with zero attached hydrogens (tertiary/aromatic N) is 1. The lowest BCUT2D eigenvalue weighted by molar-refractivity contribution is -0.149. The Morgan fingerprint density at radius 1 is 1.11 bits per heavy atom. The van der Waals surface area contributed by atoms with E-state index in [1.54, 1.807) is 0 Å². The SMILES string of the molecule is O=C(NCCN1CCOCC1)C12CC3CC(C1)CC(c1ccc(Cl)cc1)(C3)C2. The first-order valence-corrected chi connectivity index (χ1v) is 11.3. The Balaban J connectivity index is 1.30. The van der Waals surface area contributed by atoms with Crippen molar-refractivity contribution >= 4 is 17.5 Å². The van der Waals surface area contributed by atoms with E-state index in [9.17, 15) is 4.79 Å². The molecule has 1 aliphatic heterocycles. The topological polar surface area (TPSA) is 41.6 Å². The van der Waals surface area contributed by atoms with Crippen LogP contribution in [0, 0.1) is 17.3 Å². The lowest BCUT2D eigenvalue weighted by atomic mass is 9.42. The molecule has 1 N–H and O–H groups in total. The standard InChI is InChI=1S/C23H31ClN2O2/c24-20-3-1-19(2-4-20)22-12-17-11-18(13-22)15-23(14-17,16-22)21(27)25-5-6-26-7-9-28-10-8-26/h1-4,17-18H,5-16H2,(H,25,27). The smallest absolute Gasteiger partial charge is 0.226 e. The monoisotopic (exact) mass is 402 g/mol. The van der Waals surface area contributed by atoms with Gasteiger partial charge >= 0.3 is 0 Å². The number of halogens is 1. The van der Waals surface area contributed by atoms with Crippen molar-refractivity contribution in [3.8, 4) is 0 Å². The lowest BCUT2D eigenvalue weighted by Crippen LogP contribution is -2.59. The van der Waals surface area contributed by atoms with Crippen LogP contribution < -0.4 is 5.32 Å². The third kappa shape index (κ3) is 3.38. The quantitative estimate of drug-likeness (QED) is 0.817. The molecule has 1 aromatic rings. The third-order valence-corrected chi connectivity index (χ3v) is 8.07. The highest BCUT2D eigenvalue weighted by atomic mass is 35.5. The average Bonchev–Trinajstić information content (AvgIpc) is 2.68. The molecule has 4 nitrogen and oxygen atoms in total. The molecule has 5 aliphatic rings. The predicted molar refractivity (Wildman–Crippen MR) is 111 cm³/mol. The summed E-state index contributed by atoms with van der Waals surface area (Å²) >= 11 is 6.14. The van der Waals surface area contributed by atoms with Crippen LogP contribution in [-0.4, -0.2) is 50.2 Å². The lowest BCUT2D eigenvalue weighted by Gasteiger charge is -2.61. The van der Waals surface area contributed by atoms with Crippen molar-refractivity contribution in [2.75, 3.05) is 39.4 Å². The van der Waals surface area contributed by atoms with Gasteiger partial charge in [-0.1, -0.05) is 23.7 Å². The van der Waals surface area contributed by atoms with Crippen LogP contribution in [0.2, 0.25) is 5.02 Å². The molecule has 4 aliphatic carbocycles. The summed E-state index contributed by atoms with van der Waals surface area (Å²) in [6.07, 6.45) is 6.99. The van der Waals surface area contributed by atoms with E-state index in [4.69, 9.17) is 16.3 Å². The summed E-state index contributed by atoms with van der Waals surface area (Å²) < 4.78 is 5.41. The highest BCUT2D eigenvalue weighted by molar-refractivity contribution is 6.30. The van der Waals surface area contributed by atoms with Gasteiger partial charge in [-0.2, -0.15) is 0 Å². The van der Waals surface area contributed by atoms with E-state index in [1.807, 2.05) is 12.1 Å². The molecule has 0 aromatic heterocycles. The van der Waals surface area contributed by atoms with Gasteiger partial charge in [0.2, 0.25) is 5.91 Å². The average molecular weight is 403 g/mol. The normalized spacial score (nSPS) is 37.2. The van der Waals surface area contributed by atoms with Crippen molar-refractivity contribution in [1.82, 2.24) is 10.2 Å². The van der Waals surface area contributed by atoms with Crippen LogP contribution >= 0.6 is 11.6 Å². The number of nitrogens with one attached hydrogen (secondary N) is 1. The van der Waals surface area contributed by atoms with Gasteiger partial charge in [-0.3, -0.25) is 9.69 Å². The van der Waals surface area contributed by atoms with Crippen molar-refractivity contribution in [3.05, 3.63) is 34.9 Å². The zero-order valence-corrected chi connectivity index (χ0v) is 17.3. The second-order valence-electron chi connectivity index (χ2n) is 9.74. The van der Waals surface area contributed by atoms with E-state index in [2.05, 4.69) is 22.3 Å². The third-order valence-electron chi connectivity index (χ3n) is 7.82. The molecular formula is C23H31ClN2O2. The molecule has 1 amide bonds. The minimum absolute atomic E-state index is 0.158. The minimum Gasteiger partial charge on any atom is -0.379 e. The van der Waals surface area contributed by atoms with Gasteiger partial charge in [0.15, 0.2) is 0 Å². The second-order valence-corrected chi connectivity index (χ2v) is 10.2. The number of amides is 1. The fraction of sp³-hybridized carbons (Fsp3) is 0.696. The van der Waals surface area contributed by atoms with Crippen molar-refractivity contribution in [2.24, 2.45) is 17.3 Å². The Bertz CT molecular complexity index is 715. The van der Waals surface area contributed by atoms with Crippen molar-refractivity contribution in [2.45, 2.75) is 43.9 Å². The molecule has 28 heavy (non-hydrogen) atoms. The maximum atomic E-state index is 13.4. The van der Waals surface area contributed by atoms with Crippen LogP contribution in [0.1, 0.15) is 44.1 Å². The van der Waals surface area contributed by atoms with Crippen molar-refractivity contribution < 1.29 is 9.53 Å². The number of morpholine rings is 1. The maximum Gasteiger partial charge on any atom is 0.226 e. The predicted octanol–water partition coefficient (Wildman–Crippen LogP) is 3.63. The molecule has 4 saturated carbocycles. The molecule has 0 spiro atoms. The Labute approximate surface area is 173 Å². The van der Waals surface area contributed by atoms with Crippen molar-refractivity contribution in [1.29, 1.82) is 0 Å². The number of benzene rings is 1. The molecule has 1 aromatic carbocycles. The summed E-state index contributed by atoms with van der Waals surface area (Å²) in [5.74, 6) is 1.71. The van der Waals surface area contributed by atoms with E-state index in [0.717, 1.165) is 63.7 Å². The molecule has 0 radical (unpaired) electrons. The number of hydrogen-bond donors (Lipinski definition) is 1. The molecule has 6 rings (SSSR count). The first-order valence-electron chi connectivity index (χ1n) is 10.9. The van der Waals surface area contributed by atoms with E-state index in [1.165, 1.54) is 24.8 Å². The molecule has 5 heteroatoms. The zero-order chi connectivity index (χ0) is 19.2. The van der Waals surface area contributed by atoms with Crippen LogP contribution in [-0.2, 0) is 14.9 Å². The summed E-state index contributed by atoms with van der Waals surface area (Å²) in [5, 5.41) is 4.12. The summed E-state index contributed by atoms with van der Waals surface area (Å²) in [5.41, 5.74) is 1.42. The summed E-state index contributed by atoms with van der Waals surface area (Å²) in [7, 11) is 0. The summed E-state index contributed by atoms with van der Waals surface area (Å²) in [6, 6.07) is 8.45. The second kappa shape index (κ2) is 7.30. The molecule has 152 valence electrons. The fourth-order valence-corrected chi connectivity index (χ4v) is 7.14. The number of carbonyl (C=O) groups is 1. The maximum absolute atomic E-state index is 13.4. The van der Waals surface area contributed by atoms with E-state index < -0.39 is 0 Å².